The normalized spacial score (nSPS) is 18.6. The van der Waals surface area contributed by atoms with Gasteiger partial charge in [0.1, 0.15) is 11.2 Å². The predicted molar refractivity (Wildman–Crippen MR) is 159 cm³/mol. The van der Waals surface area contributed by atoms with E-state index in [9.17, 15) is 9.59 Å². The maximum absolute atomic E-state index is 12.8. The number of allylic oxidation sites excluding steroid dienone is 1. The smallest absolute Gasteiger partial charge is 0.331 e. The minimum absolute atomic E-state index is 0.187. The highest BCUT2D eigenvalue weighted by Crippen LogP contribution is 2.40. The van der Waals surface area contributed by atoms with Gasteiger partial charge in [0, 0.05) is 57.1 Å². The Bertz CT molecular complexity index is 1160. The molecule has 2 saturated heterocycles. The molecule has 0 atom stereocenters. The molecule has 0 radical (unpaired) electrons. The maximum Gasteiger partial charge on any atom is 0.331 e. The fourth-order valence-corrected chi connectivity index (χ4v) is 5.69. The Hall–Kier alpha value is -3.42. The quantitative estimate of drug-likeness (QED) is 0.234. The van der Waals surface area contributed by atoms with E-state index in [-0.39, 0.29) is 11.9 Å². The van der Waals surface area contributed by atoms with Crippen LogP contribution in [0.15, 0.2) is 78.9 Å². The highest BCUT2D eigenvalue weighted by atomic mass is 16.6. The number of ether oxygens (including phenoxy) is 2. The highest BCUT2D eigenvalue weighted by molar-refractivity contribution is 5.82. The summed E-state index contributed by atoms with van der Waals surface area (Å²) in [7, 11) is 1.84. The van der Waals surface area contributed by atoms with Gasteiger partial charge in [-0.2, -0.15) is 0 Å². The van der Waals surface area contributed by atoms with Gasteiger partial charge >= 0.3 is 11.9 Å². The third kappa shape index (κ3) is 7.40. The Morgan fingerprint density at radius 1 is 0.900 bits per heavy atom. The number of nitrogens with one attached hydrogen (secondary N) is 2. The number of hydrogen-bond acceptors (Lipinski definition) is 7. The summed E-state index contributed by atoms with van der Waals surface area (Å²) < 4.78 is 12.4. The van der Waals surface area contributed by atoms with E-state index in [4.69, 9.17) is 9.47 Å². The third-order valence-corrected chi connectivity index (χ3v) is 7.89. The van der Waals surface area contributed by atoms with Crippen LogP contribution in [0.2, 0.25) is 0 Å². The summed E-state index contributed by atoms with van der Waals surface area (Å²) >= 11 is 0. The zero-order valence-electron chi connectivity index (χ0n) is 23.9. The van der Waals surface area contributed by atoms with Gasteiger partial charge in [-0.25, -0.2) is 4.79 Å². The van der Waals surface area contributed by atoms with E-state index < -0.39 is 11.2 Å². The lowest BCUT2D eigenvalue weighted by atomic mass is 9.83. The second-order valence-corrected chi connectivity index (χ2v) is 10.6. The zero-order valence-corrected chi connectivity index (χ0v) is 23.9. The van der Waals surface area contributed by atoms with Gasteiger partial charge in [0.2, 0.25) is 0 Å². The van der Waals surface area contributed by atoms with Crippen molar-refractivity contribution in [3.63, 3.8) is 0 Å². The van der Waals surface area contributed by atoms with Gasteiger partial charge in [0.05, 0.1) is 6.42 Å². The van der Waals surface area contributed by atoms with E-state index in [0.717, 1.165) is 62.3 Å². The van der Waals surface area contributed by atoms with Crippen LogP contribution in [0.1, 0.15) is 56.6 Å². The number of rotatable bonds is 11. The van der Waals surface area contributed by atoms with Gasteiger partial charge in [0.15, 0.2) is 0 Å². The summed E-state index contributed by atoms with van der Waals surface area (Å²) in [6.45, 7) is 5.75. The van der Waals surface area contributed by atoms with E-state index in [1.807, 2.05) is 49.5 Å². The molecule has 0 unspecified atom stereocenters. The summed E-state index contributed by atoms with van der Waals surface area (Å²) in [5, 5.41) is 6.41. The molecule has 0 saturated carbocycles. The molecule has 2 aromatic rings. The van der Waals surface area contributed by atoms with Gasteiger partial charge in [-0.05, 0) is 49.8 Å². The monoisotopic (exact) mass is 545 g/mol. The predicted octanol–water partition coefficient (Wildman–Crippen LogP) is 4.98. The summed E-state index contributed by atoms with van der Waals surface area (Å²) in [5.41, 5.74) is 1.86. The number of benzene rings is 2. The molecule has 2 aromatic carbocycles. The average Bonchev–Trinajstić information content (AvgIpc) is 2.99. The molecule has 40 heavy (non-hydrogen) atoms. The Morgan fingerprint density at radius 3 is 2.30 bits per heavy atom. The van der Waals surface area contributed by atoms with Gasteiger partial charge in [-0.3, -0.25) is 4.79 Å². The lowest BCUT2D eigenvalue weighted by molar-refractivity contribution is -0.163. The van der Waals surface area contributed by atoms with Gasteiger partial charge < -0.3 is 25.0 Å². The van der Waals surface area contributed by atoms with Crippen molar-refractivity contribution in [2.45, 2.75) is 56.7 Å². The van der Waals surface area contributed by atoms with E-state index in [2.05, 4.69) is 46.7 Å². The largest absolute Gasteiger partial charge is 0.454 e. The molecule has 7 nitrogen and oxygen atoms in total. The average molecular weight is 546 g/mol. The van der Waals surface area contributed by atoms with Crippen LogP contribution in [0.5, 0.6) is 0 Å². The van der Waals surface area contributed by atoms with Crippen LogP contribution in [-0.2, 0) is 30.3 Å². The maximum atomic E-state index is 12.8. The van der Waals surface area contributed by atoms with Crippen LogP contribution < -0.4 is 15.5 Å². The first-order valence-electron chi connectivity index (χ1n) is 14.5. The van der Waals surface area contributed by atoms with Gasteiger partial charge in [0.25, 0.3) is 0 Å². The van der Waals surface area contributed by atoms with Crippen molar-refractivity contribution in [2.75, 3.05) is 44.7 Å². The summed E-state index contributed by atoms with van der Waals surface area (Å²) in [6, 6.07) is 18.5. The van der Waals surface area contributed by atoms with Crippen LogP contribution in [0.4, 0.5) is 5.69 Å². The molecule has 7 heteroatoms. The molecule has 214 valence electrons. The minimum Gasteiger partial charge on any atom is -0.454 e. The van der Waals surface area contributed by atoms with Crippen molar-refractivity contribution in [3.05, 3.63) is 90.0 Å². The fraction of sp³-hybridized carbons (Fsp3) is 0.455. The lowest BCUT2D eigenvalue weighted by Gasteiger charge is -2.43. The third-order valence-electron chi connectivity index (χ3n) is 7.89. The van der Waals surface area contributed by atoms with Crippen LogP contribution in [0.25, 0.3) is 0 Å². The molecule has 0 spiro atoms. The van der Waals surface area contributed by atoms with Crippen LogP contribution in [-0.4, -0.2) is 51.7 Å². The molecule has 0 amide bonds. The molecular formula is C33H43N3O4. The first-order chi connectivity index (χ1) is 19.5. The molecule has 2 aliphatic heterocycles. The Morgan fingerprint density at radius 2 is 1.60 bits per heavy atom. The molecule has 0 aliphatic carbocycles. The van der Waals surface area contributed by atoms with Gasteiger partial charge in [-0.1, -0.05) is 67.6 Å². The molecule has 0 aromatic heterocycles. The molecular weight excluding hydrogens is 502 g/mol. The van der Waals surface area contributed by atoms with Crippen molar-refractivity contribution >= 4 is 17.6 Å². The molecule has 2 N–H and O–H groups in total. The number of carbonyl (C=O) groups is 2. The number of hydrogen-bond donors (Lipinski definition) is 2. The topological polar surface area (TPSA) is 79.9 Å². The fourth-order valence-electron chi connectivity index (χ4n) is 5.69. The molecule has 2 heterocycles. The molecule has 4 rings (SSSR count). The molecule has 2 fully saturated rings. The summed E-state index contributed by atoms with van der Waals surface area (Å²) in [4.78, 5) is 27.9. The van der Waals surface area contributed by atoms with Crippen molar-refractivity contribution in [1.29, 1.82) is 0 Å². The van der Waals surface area contributed by atoms with Crippen molar-refractivity contribution in [1.82, 2.24) is 10.6 Å². The SMILES string of the molecule is CC/C=C\CC(=O)OC1(c2cccc(N3CCC(OC(=O)/C=C/CNC)(c4ccccc4)CC3)c2)CCNCC1. The highest BCUT2D eigenvalue weighted by Gasteiger charge is 2.41. The number of carbonyl (C=O) groups excluding carboxylic acids is 2. The Kier molecular flexibility index (Phi) is 10.6. The number of likely N-dealkylation sites (N-methyl/N-ethyl adjacent to an activating group) is 1. The van der Waals surface area contributed by atoms with Gasteiger partial charge in [-0.15, -0.1) is 0 Å². The van der Waals surface area contributed by atoms with E-state index >= 15 is 0 Å². The van der Waals surface area contributed by atoms with E-state index in [0.29, 0.717) is 25.8 Å². The van der Waals surface area contributed by atoms with Crippen LogP contribution in [0, 0.1) is 0 Å². The first-order valence-corrected chi connectivity index (χ1v) is 14.5. The van der Waals surface area contributed by atoms with Crippen molar-refractivity contribution < 1.29 is 19.1 Å². The Balaban J connectivity index is 1.52. The number of nitrogens with zero attached hydrogens (tertiary/aromatic N) is 1. The summed E-state index contributed by atoms with van der Waals surface area (Å²) in [5.74, 6) is -0.508. The standard InChI is InChI=1S/C33H43N3O4/c1-3-4-6-15-30(37)39-32(17-22-35-23-18-32)28-13-9-14-29(26-28)36-24-19-33(20-25-36,27-11-7-5-8-12-27)40-31(38)16-10-21-34-2/h4-14,16,26,34-35H,3,15,17-25H2,1-2H3/b6-4-,16-10+. The first kappa shape index (κ1) is 29.6. The molecule has 2 aliphatic rings. The second kappa shape index (κ2) is 14.3. The number of piperidine rings is 2. The van der Waals surface area contributed by atoms with E-state index in [1.165, 1.54) is 6.08 Å². The lowest BCUT2D eigenvalue weighted by Crippen LogP contribution is -2.45. The number of anilines is 1. The Labute approximate surface area is 238 Å². The summed E-state index contributed by atoms with van der Waals surface area (Å²) in [6.07, 6.45) is 11.2. The van der Waals surface area contributed by atoms with Crippen LogP contribution >= 0.6 is 0 Å². The second-order valence-electron chi connectivity index (χ2n) is 10.6. The van der Waals surface area contributed by atoms with Crippen molar-refractivity contribution in [2.24, 2.45) is 0 Å². The number of esters is 2. The minimum atomic E-state index is -0.672. The van der Waals surface area contributed by atoms with Crippen molar-refractivity contribution in [3.8, 4) is 0 Å². The van der Waals surface area contributed by atoms with Crippen LogP contribution in [0.3, 0.4) is 0 Å². The zero-order chi connectivity index (χ0) is 28.3. The molecule has 0 bridgehead atoms. The van der Waals surface area contributed by atoms with E-state index in [1.54, 1.807) is 6.08 Å².